The monoisotopic (exact) mass is 472 g/mol. The number of benzene rings is 2. The van der Waals surface area contributed by atoms with Crippen LogP contribution < -0.4 is 10.4 Å². The summed E-state index contributed by atoms with van der Waals surface area (Å²) in [6.45, 7) is 4.06. The van der Waals surface area contributed by atoms with Gasteiger partial charge in [0.25, 0.3) is 0 Å². The predicted molar refractivity (Wildman–Crippen MR) is 135 cm³/mol. The molecule has 2 aromatic carbocycles. The minimum atomic E-state index is -0.334. The first kappa shape index (κ1) is 21.2. The lowest BCUT2D eigenvalue weighted by Gasteiger charge is -2.06. The highest BCUT2D eigenvalue weighted by atomic mass is 32.1. The van der Waals surface area contributed by atoms with Crippen LogP contribution in [0, 0.1) is 6.92 Å². The lowest BCUT2D eigenvalue weighted by molar-refractivity contribution is -0.112. The number of nitrogens with zero attached hydrogens (tertiary/aromatic N) is 5. The molecule has 0 saturated carbocycles. The second-order valence-corrected chi connectivity index (χ2v) is 9.19. The number of carbonyl (C=O) groups is 1. The maximum atomic E-state index is 13.4. The number of amides is 1. The number of rotatable bonds is 6. The summed E-state index contributed by atoms with van der Waals surface area (Å²) in [4.78, 5) is 23.7. The van der Waals surface area contributed by atoms with Gasteiger partial charge in [0.1, 0.15) is 5.71 Å². The van der Waals surface area contributed by atoms with Crippen molar-refractivity contribution in [2.24, 2.45) is 10.2 Å². The van der Waals surface area contributed by atoms with Crippen molar-refractivity contribution in [1.82, 2.24) is 9.97 Å². The molecule has 4 aromatic rings. The van der Waals surface area contributed by atoms with Gasteiger partial charge in [-0.2, -0.15) is 15.2 Å². The smallest absolute Gasteiger partial charge is 0.265 e. The number of hydrogen-bond acceptors (Lipinski definition) is 8. The van der Waals surface area contributed by atoms with Gasteiger partial charge in [0.2, 0.25) is 10.3 Å². The van der Waals surface area contributed by atoms with Gasteiger partial charge >= 0.3 is 5.91 Å². The fourth-order valence-electron chi connectivity index (χ4n) is 3.43. The number of hydrogen-bond donors (Lipinski definition) is 1. The van der Waals surface area contributed by atoms with Crippen LogP contribution in [0.4, 0.5) is 10.3 Å². The molecule has 0 radical (unpaired) electrons. The third kappa shape index (κ3) is 4.20. The molecule has 1 amide bonds. The minimum Gasteiger partial charge on any atom is -0.265 e. The molecule has 0 fully saturated rings. The van der Waals surface area contributed by atoms with Crippen LogP contribution in [0.25, 0.3) is 11.3 Å². The van der Waals surface area contributed by atoms with E-state index in [9.17, 15) is 4.79 Å². The molecule has 1 aliphatic heterocycles. The molecule has 1 N–H and O–H groups in total. The molecule has 7 nitrogen and oxygen atoms in total. The highest BCUT2D eigenvalue weighted by molar-refractivity contribution is 7.15. The summed E-state index contributed by atoms with van der Waals surface area (Å²) in [7, 11) is 0. The Morgan fingerprint density at radius 3 is 2.36 bits per heavy atom. The van der Waals surface area contributed by atoms with Crippen LogP contribution in [0.15, 0.2) is 76.2 Å². The van der Waals surface area contributed by atoms with Gasteiger partial charge in [-0.3, -0.25) is 10.2 Å². The van der Waals surface area contributed by atoms with Gasteiger partial charge in [0.15, 0.2) is 5.71 Å². The molecule has 0 saturated heterocycles. The average molecular weight is 473 g/mol. The molecule has 164 valence electrons. The molecule has 0 atom stereocenters. The molecule has 5 rings (SSSR count). The third-order valence-corrected chi connectivity index (χ3v) is 7.11. The van der Waals surface area contributed by atoms with E-state index in [1.165, 1.54) is 32.6 Å². The average Bonchev–Trinajstić information content (AvgIpc) is 3.56. The number of thiazole rings is 2. The number of aromatic nitrogens is 2. The first-order valence-electron chi connectivity index (χ1n) is 10.4. The second-order valence-electron chi connectivity index (χ2n) is 7.27. The summed E-state index contributed by atoms with van der Waals surface area (Å²) >= 11 is 2.90. The number of anilines is 2. The molecular weight excluding hydrogens is 452 g/mol. The summed E-state index contributed by atoms with van der Waals surface area (Å²) in [5.41, 5.74) is 7.25. The van der Waals surface area contributed by atoms with E-state index in [1.807, 2.05) is 73.0 Å². The fourth-order valence-corrected chi connectivity index (χ4v) is 5.05. The SMILES string of the molecule is CCc1sc(N/N=C2\C(=O)N(c3nc(-c4ccccc4)cs3)N=C2c2ccccc2)nc1C. The van der Waals surface area contributed by atoms with E-state index in [0.717, 1.165) is 28.9 Å². The summed E-state index contributed by atoms with van der Waals surface area (Å²) in [6.07, 6.45) is 0.902. The van der Waals surface area contributed by atoms with Gasteiger partial charge in [-0.1, -0.05) is 67.6 Å². The van der Waals surface area contributed by atoms with Crippen LogP contribution in [0.5, 0.6) is 0 Å². The van der Waals surface area contributed by atoms with E-state index >= 15 is 0 Å². The number of carbonyl (C=O) groups excluding carboxylic acids is 1. The highest BCUT2D eigenvalue weighted by Crippen LogP contribution is 2.30. The summed E-state index contributed by atoms with van der Waals surface area (Å²) in [5.74, 6) is -0.334. The predicted octanol–water partition coefficient (Wildman–Crippen LogP) is 5.36. The van der Waals surface area contributed by atoms with E-state index in [2.05, 4.69) is 32.5 Å². The lowest BCUT2D eigenvalue weighted by Crippen LogP contribution is -2.28. The van der Waals surface area contributed by atoms with E-state index in [1.54, 1.807) is 0 Å². The Balaban J connectivity index is 1.49. The van der Waals surface area contributed by atoms with Crippen molar-refractivity contribution in [3.05, 3.63) is 82.2 Å². The van der Waals surface area contributed by atoms with Crippen molar-refractivity contribution in [3.63, 3.8) is 0 Å². The van der Waals surface area contributed by atoms with Gasteiger partial charge in [-0.25, -0.2) is 9.97 Å². The molecule has 0 spiro atoms. The molecule has 3 heterocycles. The van der Waals surface area contributed by atoms with E-state index < -0.39 is 0 Å². The van der Waals surface area contributed by atoms with Crippen LogP contribution >= 0.6 is 22.7 Å². The topological polar surface area (TPSA) is 82.8 Å². The molecule has 9 heteroatoms. The number of aryl methyl sites for hydroxylation is 2. The van der Waals surface area contributed by atoms with Crippen LogP contribution in [-0.4, -0.2) is 27.3 Å². The van der Waals surface area contributed by atoms with Crippen molar-refractivity contribution in [2.45, 2.75) is 20.3 Å². The van der Waals surface area contributed by atoms with Gasteiger partial charge in [0.05, 0.1) is 11.4 Å². The summed E-state index contributed by atoms with van der Waals surface area (Å²) < 4.78 is 0. The van der Waals surface area contributed by atoms with Crippen molar-refractivity contribution in [1.29, 1.82) is 0 Å². The minimum absolute atomic E-state index is 0.226. The lowest BCUT2D eigenvalue weighted by atomic mass is 10.1. The zero-order valence-corrected chi connectivity index (χ0v) is 19.7. The molecule has 2 aromatic heterocycles. The largest absolute Gasteiger partial charge is 0.303 e. The maximum Gasteiger partial charge on any atom is 0.303 e. The van der Waals surface area contributed by atoms with Crippen molar-refractivity contribution in [2.75, 3.05) is 10.4 Å². The quantitative estimate of drug-likeness (QED) is 0.383. The molecule has 1 aliphatic rings. The molecule has 0 aliphatic carbocycles. The highest BCUT2D eigenvalue weighted by Gasteiger charge is 2.35. The summed E-state index contributed by atoms with van der Waals surface area (Å²) in [6, 6.07) is 19.4. The normalized spacial score (nSPS) is 14.7. The Morgan fingerprint density at radius 1 is 1.00 bits per heavy atom. The van der Waals surface area contributed by atoms with Crippen LogP contribution in [0.2, 0.25) is 0 Å². The van der Waals surface area contributed by atoms with E-state index in [-0.39, 0.29) is 11.6 Å². The Morgan fingerprint density at radius 2 is 1.70 bits per heavy atom. The van der Waals surface area contributed by atoms with Gasteiger partial charge < -0.3 is 0 Å². The molecular formula is C24H20N6OS2. The van der Waals surface area contributed by atoms with E-state index in [0.29, 0.717) is 16.0 Å². The molecule has 0 bridgehead atoms. The second kappa shape index (κ2) is 9.05. The first-order valence-corrected chi connectivity index (χ1v) is 12.1. The van der Waals surface area contributed by atoms with E-state index in [4.69, 9.17) is 0 Å². The Kier molecular flexibility index (Phi) is 5.80. The molecule has 0 unspecified atom stereocenters. The standard InChI is InChI=1S/C24H20N6OS2/c1-3-19-15(2)25-23(33-19)28-27-21-20(17-12-8-5-9-13-17)29-30(22(21)31)24-26-18(14-32-24)16-10-6-4-7-11-16/h4-14H,3H2,1-2H3,(H,25,28)/b27-21-. The Labute approximate surface area is 199 Å². The Bertz CT molecular complexity index is 1360. The van der Waals surface area contributed by atoms with Gasteiger partial charge in [-0.05, 0) is 13.3 Å². The van der Waals surface area contributed by atoms with Crippen molar-refractivity contribution < 1.29 is 4.79 Å². The van der Waals surface area contributed by atoms with Crippen molar-refractivity contribution >= 4 is 50.3 Å². The molecule has 33 heavy (non-hydrogen) atoms. The van der Waals surface area contributed by atoms with Gasteiger partial charge in [0, 0.05) is 21.4 Å². The maximum absolute atomic E-state index is 13.4. The fraction of sp³-hybridized carbons (Fsp3) is 0.125. The van der Waals surface area contributed by atoms with Gasteiger partial charge in [-0.15, -0.1) is 22.7 Å². The number of nitrogens with one attached hydrogen (secondary N) is 1. The first-order chi connectivity index (χ1) is 16.1. The van der Waals surface area contributed by atoms with Crippen LogP contribution in [0.1, 0.15) is 23.1 Å². The van der Waals surface area contributed by atoms with Crippen LogP contribution in [0.3, 0.4) is 0 Å². The van der Waals surface area contributed by atoms with Crippen molar-refractivity contribution in [3.8, 4) is 11.3 Å². The number of hydrazone groups is 2. The van der Waals surface area contributed by atoms with Crippen LogP contribution in [-0.2, 0) is 11.2 Å². The summed E-state index contributed by atoms with van der Waals surface area (Å²) in [5, 5.41) is 13.4. The zero-order chi connectivity index (χ0) is 22.8. The zero-order valence-electron chi connectivity index (χ0n) is 18.0. The Hall–Kier alpha value is -3.69. The third-order valence-electron chi connectivity index (χ3n) is 5.09.